The number of carbonyl (C=O) groups is 1. The molecule has 2 aromatic heterocycles. The van der Waals surface area contributed by atoms with Crippen LogP contribution in [-0.2, 0) is 23.4 Å². The summed E-state index contributed by atoms with van der Waals surface area (Å²) >= 11 is 0. The number of nitrogens with zero attached hydrogens (tertiary/aromatic N) is 4. The van der Waals surface area contributed by atoms with Gasteiger partial charge in [-0.3, -0.25) is 13.9 Å². The van der Waals surface area contributed by atoms with Crippen LogP contribution in [0.1, 0.15) is 33.9 Å². The molecule has 0 amide bonds. The highest BCUT2D eigenvalue weighted by atomic mass is 31.2. The Morgan fingerprint density at radius 3 is 2.62 bits per heavy atom. The zero-order chi connectivity index (χ0) is 29.2. The molecule has 3 heterocycles. The fourth-order valence-electron chi connectivity index (χ4n) is 4.16. The summed E-state index contributed by atoms with van der Waals surface area (Å²) in [5, 5.41) is 27.7. The lowest BCUT2D eigenvalue weighted by atomic mass is 9.96. The van der Waals surface area contributed by atoms with Crippen LogP contribution in [0.3, 0.4) is 0 Å². The zero-order valence-electron chi connectivity index (χ0n) is 22.7. The van der Waals surface area contributed by atoms with E-state index in [1.165, 1.54) is 24.7 Å². The summed E-state index contributed by atoms with van der Waals surface area (Å²) in [5.41, 5.74) is 4.61. The fourth-order valence-corrected chi connectivity index (χ4v) is 5.67. The van der Waals surface area contributed by atoms with Gasteiger partial charge in [-0.1, -0.05) is 18.2 Å². The largest absolute Gasteiger partial charge is 0.462 e. The molecule has 6 atom stereocenters. The Bertz CT molecular complexity index is 1390. The second-order valence-corrected chi connectivity index (χ2v) is 11.4. The lowest BCUT2D eigenvalue weighted by Crippen LogP contribution is -2.44. The van der Waals surface area contributed by atoms with Crippen LogP contribution in [0.4, 0.5) is 11.8 Å². The Balaban J connectivity index is 1.56. The number of fused-ring (bicyclic) bond motifs is 1. The van der Waals surface area contributed by atoms with Gasteiger partial charge in [0, 0.05) is 7.05 Å². The number of benzene rings is 1. The molecule has 0 aliphatic carbocycles. The topological polar surface area (TPSA) is 205 Å². The molecule has 3 aromatic rings. The molecule has 6 N–H and O–H groups in total. The average Bonchev–Trinajstić information content (AvgIpc) is 3.40. The van der Waals surface area contributed by atoms with Gasteiger partial charge in [0.1, 0.15) is 29.6 Å². The van der Waals surface area contributed by atoms with E-state index in [0.717, 1.165) is 0 Å². The molecule has 0 unspecified atom stereocenters. The maximum absolute atomic E-state index is 13.8. The number of nitrogen functional groups attached to an aromatic ring is 1. The van der Waals surface area contributed by atoms with E-state index in [1.54, 1.807) is 51.2 Å². The second kappa shape index (κ2) is 11.6. The van der Waals surface area contributed by atoms with Crippen LogP contribution in [0.25, 0.3) is 11.2 Å². The molecule has 1 fully saturated rings. The Kier molecular flexibility index (Phi) is 8.63. The van der Waals surface area contributed by atoms with Gasteiger partial charge >= 0.3 is 13.7 Å². The van der Waals surface area contributed by atoms with Gasteiger partial charge in [-0.15, -0.1) is 0 Å². The molecule has 218 valence electrons. The number of hydrogen-bond acceptors (Lipinski definition) is 13. The number of carbonyl (C=O) groups excluding carboxylic acids is 1. The van der Waals surface area contributed by atoms with E-state index in [4.69, 9.17) is 24.3 Å². The van der Waals surface area contributed by atoms with E-state index >= 15 is 0 Å². The Labute approximate surface area is 230 Å². The van der Waals surface area contributed by atoms with Crippen molar-refractivity contribution in [3.8, 4) is 5.75 Å². The molecule has 1 saturated heterocycles. The number of esters is 1. The summed E-state index contributed by atoms with van der Waals surface area (Å²) < 4.78 is 37.7. The maximum atomic E-state index is 13.8. The van der Waals surface area contributed by atoms with Crippen LogP contribution < -0.4 is 20.7 Å². The zero-order valence-corrected chi connectivity index (χ0v) is 23.6. The normalized spacial score (nSPS) is 25.1. The minimum atomic E-state index is -4.24. The van der Waals surface area contributed by atoms with E-state index in [-0.39, 0.29) is 17.3 Å². The summed E-state index contributed by atoms with van der Waals surface area (Å²) in [5.74, 6) is -0.116. The van der Waals surface area contributed by atoms with Crippen LogP contribution in [-0.4, -0.2) is 79.3 Å². The van der Waals surface area contributed by atoms with Gasteiger partial charge in [0.2, 0.25) is 5.95 Å². The molecule has 0 saturated carbocycles. The number of aliphatic hydroxyl groups excluding tert-OH is 1. The van der Waals surface area contributed by atoms with Crippen molar-refractivity contribution in [1.29, 1.82) is 0 Å². The minimum Gasteiger partial charge on any atom is -0.462 e. The third kappa shape index (κ3) is 6.19. The smallest absolute Gasteiger partial charge is 0.459 e. The lowest BCUT2D eigenvalue weighted by molar-refractivity contribution is -0.149. The van der Waals surface area contributed by atoms with Gasteiger partial charge in [-0.2, -0.15) is 15.1 Å². The predicted octanol–water partition coefficient (Wildman–Crippen LogP) is 1.59. The van der Waals surface area contributed by atoms with Crippen LogP contribution in [0.5, 0.6) is 5.75 Å². The molecule has 15 nitrogen and oxygen atoms in total. The number of aromatic nitrogens is 4. The first-order chi connectivity index (χ1) is 18.8. The average molecular weight is 580 g/mol. The Morgan fingerprint density at radius 2 is 1.98 bits per heavy atom. The summed E-state index contributed by atoms with van der Waals surface area (Å²) in [6.07, 6.45) is -2.86. The molecule has 4 rings (SSSR count). The van der Waals surface area contributed by atoms with Crippen LogP contribution in [0.15, 0.2) is 36.7 Å². The summed E-state index contributed by atoms with van der Waals surface area (Å²) in [7, 11) is -2.59. The summed E-state index contributed by atoms with van der Waals surface area (Å²) in [4.78, 5) is 25.0. The molecule has 0 spiro atoms. The quantitative estimate of drug-likeness (QED) is 0.162. The van der Waals surface area contributed by atoms with Gasteiger partial charge in [-0.25, -0.2) is 9.55 Å². The van der Waals surface area contributed by atoms with E-state index in [2.05, 4.69) is 25.4 Å². The van der Waals surface area contributed by atoms with Crippen molar-refractivity contribution < 1.29 is 38.1 Å². The van der Waals surface area contributed by atoms with Crippen LogP contribution in [0, 0.1) is 0 Å². The number of anilines is 2. The Hall–Kier alpha value is -3.33. The van der Waals surface area contributed by atoms with E-state index in [1.807, 2.05) is 0 Å². The predicted molar refractivity (Wildman–Crippen MR) is 144 cm³/mol. The SMILES string of the molecule is CNc1nc(N)nc2c1ncn2[C@@H]1O[C@H](CO[P@@](=O)(N[C@H](C)C(=O)OC(C)C)Oc2ccccc2)[C@@H](O)[C@@]1(C)O. The monoisotopic (exact) mass is 579 g/mol. The molecule has 40 heavy (non-hydrogen) atoms. The highest BCUT2D eigenvalue weighted by Crippen LogP contribution is 2.47. The number of nitrogens with one attached hydrogen (secondary N) is 2. The summed E-state index contributed by atoms with van der Waals surface area (Å²) in [6.45, 7) is 5.72. The van der Waals surface area contributed by atoms with Gasteiger partial charge in [0.05, 0.1) is 19.0 Å². The first kappa shape index (κ1) is 29.6. The first-order valence-electron chi connectivity index (χ1n) is 12.6. The molecule has 0 radical (unpaired) electrons. The van der Waals surface area contributed by atoms with Crippen molar-refractivity contribution in [3.63, 3.8) is 0 Å². The number of rotatable bonds is 11. The van der Waals surface area contributed by atoms with Crippen LogP contribution >= 0.6 is 7.75 Å². The van der Waals surface area contributed by atoms with Crippen molar-refractivity contribution in [1.82, 2.24) is 24.6 Å². The molecule has 16 heteroatoms. The summed E-state index contributed by atoms with van der Waals surface area (Å²) in [6, 6.07) is 7.16. The number of imidazole rings is 1. The number of nitrogens with two attached hydrogens (primary N) is 1. The number of ether oxygens (including phenoxy) is 2. The number of para-hydroxylation sites is 1. The molecular weight excluding hydrogens is 545 g/mol. The number of hydrogen-bond donors (Lipinski definition) is 5. The second-order valence-electron chi connectivity index (χ2n) is 9.74. The lowest BCUT2D eigenvalue weighted by Gasteiger charge is -2.27. The van der Waals surface area contributed by atoms with Gasteiger partial charge in [0.25, 0.3) is 0 Å². The van der Waals surface area contributed by atoms with Gasteiger partial charge in [-0.05, 0) is 39.8 Å². The fraction of sp³-hybridized carbons (Fsp3) is 0.500. The third-order valence-electron chi connectivity index (χ3n) is 6.12. The van der Waals surface area contributed by atoms with Crippen molar-refractivity contribution in [2.24, 2.45) is 0 Å². The highest BCUT2D eigenvalue weighted by molar-refractivity contribution is 7.52. The van der Waals surface area contributed by atoms with Crippen molar-refractivity contribution in [2.45, 2.75) is 63.9 Å². The highest BCUT2D eigenvalue weighted by Gasteiger charge is 2.54. The molecule has 1 aliphatic heterocycles. The van der Waals surface area contributed by atoms with Crippen molar-refractivity contribution in [2.75, 3.05) is 24.7 Å². The van der Waals surface area contributed by atoms with Crippen molar-refractivity contribution >= 4 is 36.6 Å². The molecular formula is C24H34N7O8P. The first-order valence-corrected chi connectivity index (χ1v) is 14.1. The Morgan fingerprint density at radius 1 is 1.27 bits per heavy atom. The molecule has 1 aliphatic rings. The van der Waals surface area contributed by atoms with E-state index in [0.29, 0.717) is 11.3 Å². The van der Waals surface area contributed by atoms with Crippen LogP contribution in [0.2, 0.25) is 0 Å². The van der Waals surface area contributed by atoms with Gasteiger partial charge in [0.15, 0.2) is 23.2 Å². The number of aliphatic hydroxyl groups is 2. The van der Waals surface area contributed by atoms with E-state index in [9.17, 15) is 19.6 Å². The maximum Gasteiger partial charge on any atom is 0.459 e. The standard InChI is InChI=1S/C24H34N7O8P/c1-13(2)37-21(33)14(3)30-40(35,39-15-9-7-6-8-10-15)36-11-16-18(32)24(4,34)22(38-16)31-12-27-17-19(26-5)28-23(25)29-20(17)31/h6-10,12-14,16,18,22,32,34H,11H2,1-5H3,(H,30,35)(H3,25,26,28,29)/t14-,16-,18-,22-,24-,40+/m1/s1. The minimum absolute atomic E-state index is 0.0353. The van der Waals surface area contributed by atoms with Gasteiger partial charge < -0.3 is 35.3 Å². The van der Waals surface area contributed by atoms with Crippen molar-refractivity contribution in [3.05, 3.63) is 36.7 Å². The van der Waals surface area contributed by atoms with E-state index < -0.39 is 56.5 Å². The molecule has 1 aromatic carbocycles. The molecule has 0 bridgehead atoms. The third-order valence-corrected chi connectivity index (χ3v) is 7.76.